The Bertz CT molecular complexity index is 677. The van der Waals surface area contributed by atoms with Gasteiger partial charge in [-0.15, -0.1) is 0 Å². The molecule has 1 unspecified atom stereocenters. The number of carbonyl (C=O) groups excluding carboxylic acids is 1. The van der Waals surface area contributed by atoms with Crippen molar-refractivity contribution >= 4 is 5.91 Å². The molecule has 0 fully saturated rings. The van der Waals surface area contributed by atoms with E-state index in [2.05, 4.69) is 19.2 Å². The maximum atomic E-state index is 12.6. The van der Waals surface area contributed by atoms with Crippen molar-refractivity contribution in [2.75, 3.05) is 0 Å². The van der Waals surface area contributed by atoms with Crippen LogP contribution in [0.2, 0.25) is 0 Å². The minimum Gasteiger partial charge on any atom is -0.487 e. The van der Waals surface area contributed by atoms with Crippen LogP contribution in [0.3, 0.4) is 0 Å². The molecule has 1 N–H and O–H groups in total. The van der Waals surface area contributed by atoms with Crippen LogP contribution in [0.1, 0.15) is 55.1 Å². The molecule has 0 spiro atoms. The number of rotatable bonds is 4. The summed E-state index contributed by atoms with van der Waals surface area (Å²) in [4.78, 5) is 12.6. The fourth-order valence-corrected chi connectivity index (χ4v) is 3.26. The molecule has 0 saturated heterocycles. The molecule has 23 heavy (non-hydrogen) atoms. The molecule has 3 rings (SSSR count). The highest BCUT2D eigenvalue weighted by atomic mass is 16.5. The predicted molar refractivity (Wildman–Crippen MR) is 91.6 cm³/mol. The summed E-state index contributed by atoms with van der Waals surface area (Å²) in [6.45, 7) is 4.29. The van der Waals surface area contributed by atoms with Crippen LogP contribution in [0.25, 0.3) is 0 Å². The Balaban J connectivity index is 1.89. The summed E-state index contributed by atoms with van der Waals surface area (Å²) in [5.74, 6) is 0.856. The van der Waals surface area contributed by atoms with Gasteiger partial charge in [0.1, 0.15) is 11.4 Å². The molecule has 1 amide bonds. The molecule has 0 aromatic heterocycles. The maximum Gasteiger partial charge on any atom is 0.251 e. The van der Waals surface area contributed by atoms with E-state index in [-0.39, 0.29) is 17.6 Å². The van der Waals surface area contributed by atoms with E-state index in [1.54, 1.807) is 0 Å². The Morgan fingerprint density at radius 3 is 2.43 bits per heavy atom. The lowest BCUT2D eigenvalue weighted by Gasteiger charge is -2.41. The highest BCUT2D eigenvalue weighted by Crippen LogP contribution is 2.42. The smallest absolute Gasteiger partial charge is 0.251 e. The number of para-hydroxylation sites is 1. The van der Waals surface area contributed by atoms with Gasteiger partial charge in [0, 0.05) is 17.5 Å². The molecule has 0 bridgehead atoms. The van der Waals surface area contributed by atoms with Gasteiger partial charge in [-0.3, -0.25) is 4.79 Å². The third-order valence-electron chi connectivity index (χ3n) is 4.83. The Hall–Kier alpha value is -2.29. The van der Waals surface area contributed by atoms with Crippen LogP contribution in [0.15, 0.2) is 54.6 Å². The van der Waals surface area contributed by atoms with Crippen molar-refractivity contribution in [3.05, 3.63) is 65.7 Å². The van der Waals surface area contributed by atoms with Crippen LogP contribution in [0, 0.1) is 0 Å². The summed E-state index contributed by atoms with van der Waals surface area (Å²) < 4.78 is 6.28. The quantitative estimate of drug-likeness (QED) is 0.903. The van der Waals surface area contributed by atoms with E-state index in [1.165, 1.54) is 0 Å². The lowest BCUT2D eigenvalue weighted by molar-refractivity contribution is 0.0227. The van der Waals surface area contributed by atoms with Crippen LogP contribution in [0.5, 0.6) is 5.75 Å². The zero-order valence-electron chi connectivity index (χ0n) is 13.7. The van der Waals surface area contributed by atoms with E-state index in [4.69, 9.17) is 4.74 Å². The Kier molecular flexibility index (Phi) is 4.37. The van der Waals surface area contributed by atoms with E-state index in [9.17, 15) is 4.79 Å². The summed E-state index contributed by atoms with van der Waals surface area (Å²) in [5, 5.41) is 3.20. The SMILES string of the molecule is CCC1(CC)CC(NC(=O)c2ccccc2)c2ccccc2O1. The highest BCUT2D eigenvalue weighted by Gasteiger charge is 2.38. The number of nitrogens with one attached hydrogen (secondary N) is 1. The minimum atomic E-state index is -0.205. The van der Waals surface area contributed by atoms with Gasteiger partial charge in [-0.1, -0.05) is 50.2 Å². The number of amides is 1. The van der Waals surface area contributed by atoms with Gasteiger partial charge in [0.25, 0.3) is 5.91 Å². The number of ether oxygens (including phenoxy) is 1. The first-order valence-electron chi connectivity index (χ1n) is 8.31. The fraction of sp³-hybridized carbons (Fsp3) is 0.350. The molecular formula is C20H23NO2. The normalized spacial score (nSPS) is 18.6. The minimum absolute atomic E-state index is 0.0208. The number of hydrogen-bond acceptors (Lipinski definition) is 2. The van der Waals surface area contributed by atoms with Gasteiger partial charge in [0.2, 0.25) is 0 Å². The zero-order chi connectivity index (χ0) is 16.3. The molecule has 2 aromatic rings. The van der Waals surface area contributed by atoms with Crippen LogP contribution in [-0.4, -0.2) is 11.5 Å². The molecule has 0 aliphatic carbocycles. The van der Waals surface area contributed by atoms with Crippen LogP contribution in [-0.2, 0) is 0 Å². The first-order valence-corrected chi connectivity index (χ1v) is 8.31. The summed E-state index contributed by atoms with van der Waals surface area (Å²) >= 11 is 0. The van der Waals surface area contributed by atoms with Gasteiger partial charge in [0.05, 0.1) is 6.04 Å². The second-order valence-corrected chi connectivity index (χ2v) is 6.13. The van der Waals surface area contributed by atoms with Crippen molar-refractivity contribution < 1.29 is 9.53 Å². The lowest BCUT2D eigenvalue weighted by Crippen LogP contribution is -2.44. The second kappa shape index (κ2) is 6.45. The van der Waals surface area contributed by atoms with Gasteiger partial charge in [-0.05, 0) is 31.0 Å². The van der Waals surface area contributed by atoms with E-state index in [1.807, 2.05) is 54.6 Å². The van der Waals surface area contributed by atoms with E-state index < -0.39 is 0 Å². The largest absolute Gasteiger partial charge is 0.487 e. The third kappa shape index (κ3) is 3.09. The topological polar surface area (TPSA) is 38.3 Å². The van der Waals surface area contributed by atoms with Crippen LogP contribution >= 0.6 is 0 Å². The third-order valence-corrected chi connectivity index (χ3v) is 4.83. The lowest BCUT2D eigenvalue weighted by atomic mass is 9.83. The molecule has 0 saturated carbocycles. The van der Waals surface area contributed by atoms with Crippen molar-refractivity contribution in [2.45, 2.75) is 44.8 Å². The zero-order valence-corrected chi connectivity index (χ0v) is 13.7. The Morgan fingerprint density at radius 2 is 1.74 bits per heavy atom. The number of hydrogen-bond donors (Lipinski definition) is 1. The number of carbonyl (C=O) groups is 1. The molecule has 3 nitrogen and oxygen atoms in total. The molecule has 0 radical (unpaired) electrons. The van der Waals surface area contributed by atoms with Gasteiger partial charge in [0.15, 0.2) is 0 Å². The highest BCUT2D eigenvalue weighted by molar-refractivity contribution is 5.94. The number of benzene rings is 2. The first kappa shape index (κ1) is 15.6. The van der Waals surface area contributed by atoms with Gasteiger partial charge in [-0.25, -0.2) is 0 Å². The second-order valence-electron chi connectivity index (χ2n) is 6.13. The van der Waals surface area contributed by atoms with Crippen molar-refractivity contribution in [3.63, 3.8) is 0 Å². The molecule has 1 heterocycles. The van der Waals surface area contributed by atoms with Crippen molar-refractivity contribution in [1.29, 1.82) is 0 Å². The van der Waals surface area contributed by atoms with Crippen molar-refractivity contribution in [3.8, 4) is 5.75 Å². The molecule has 1 aliphatic heterocycles. The summed E-state index contributed by atoms with van der Waals surface area (Å²) in [6.07, 6.45) is 2.65. The fourth-order valence-electron chi connectivity index (χ4n) is 3.26. The maximum absolute atomic E-state index is 12.6. The molecule has 1 aliphatic rings. The monoisotopic (exact) mass is 309 g/mol. The molecule has 3 heteroatoms. The summed E-state index contributed by atoms with van der Waals surface area (Å²) in [7, 11) is 0. The molecular weight excluding hydrogens is 286 g/mol. The molecule has 1 atom stereocenters. The van der Waals surface area contributed by atoms with Crippen molar-refractivity contribution in [2.24, 2.45) is 0 Å². The average Bonchev–Trinajstić information content (AvgIpc) is 2.62. The summed E-state index contributed by atoms with van der Waals surface area (Å²) in [6, 6.07) is 17.4. The Labute approximate surface area is 137 Å². The standard InChI is InChI=1S/C20H23NO2/c1-3-20(4-2)14-17(16-12-8-9-13-18(16)23-20)21-19(22)15-10-6-5-7-11-15/h5-13,17H,3-4,14H2,1-2H3,(H,21,22). The first-order chi connectivity index (χ1) is 11.2. The Morgan fingerprint density at radius 1 is 1.09 bits per heavy atom. The predicted octanol–water partition coefficient (Wildman–Crippen LogP) is 4.50. The van der Waals surface area contributed by atoms with E-state index in [0.717, 1.165) is 30.6 Å². The molecule has 120 valence electrons. The van der Waals surface area contributed by atoms with Crippen molar-refractivity contribution in [1.82, 2.24) is 5.32 Å². The number of fused-ring (bicyclic) bond motifs is 1. The van der Waals surface area contributed by atoms with E-state index >= 15 is 0 Å². The van der Waals surface area contributed by atoms with Crippen LogP contribution < -0.4 is 10.1 Å². The van der Waals surface area contributed by atoms with Gasteiger partial charge >= 0.3 is 0 Å². The average molecular weight is 309 g/mol. The summed E-state index contributed by atoms with van der Waals surface area (Å²) in [5.41, 5.74) is 1.55. The molecule has 2 aromatic carbocycles. The van der Waals surface area contributed by atoms with Gasteiger partial charge in [-0.2, -0.15) is 0 Å². The van der Waals surface area contributed by atoms with Gasteiger partial charge < -0.3 is 10.1 Å². The van der Waals surface area contributed by atoms with E-state index in [0.29, 0.717) is 5.56 Å². The van der Waals surface area contributed by atoms with Crippen LogP contribution in [0.4, 0.5) is 0 Å².